The predicted molar refractivity (Wildman–Crippen MR) is 92.6 cm³/mol. The number of benzene rings is 1. The molecular weight excluding hydrogens is 326 g/mol. The second-order valence-corrected chi connectivity index (χ2v) is 7.30. The minimum atomic E-state index is -3.50. The average Bonchev–Trinajstić information content (AvgIpc) is 2.93. The minimum Gasteiger partial charge on any atom is -0.367 e. The smallest absolute Gasteiger partial charge is 0.240 e. The Balaban J connectivity index is 1.61. The molecule has 2 N–H and O–H groups in total. The molecule has 24 heavy (non-hydrogen) atoms. The van der Waals surface area contributed by atoms with Crippen molar-refractivity contribution >= 4 is 21.4 Å². The molecule has 0 aliphatic rings. The highest BCUT2D eigenvalue weighted by atomic mass is 32.2. The van der Waals surface area contributed by atoms with Gasteiger partial charge in [-0.2, -0.15) is 5.10 Å². The maximum Gasteiger partial charge on any atom is 0.240 e. The number of nitrogens with zero attached hydrogens (tertiary/aromatic N) is 3. The van der Waals surface area contributed by atoms with E-state index in [1.54, 1.807) is 41.2 Å². The Morgan fingerprint density at radius 1 is 1.12 bits per heavy atom. The van der Waals surface area contributed by atoms with E-state index in [9.17, 15) is 8.42 Å². The second-order valence-electron chi connectivity index (χ2n) is 5.53. The van der Waals surface area contributed by atoms with Gasteiger partial charge in [0.25, 0.3) is 0 Å². The topological polar surface area (TPSA) is 88.4 Å². The van der Waals surface area contributed by atoms with Crippen LogP contribution in [0.15, 0.2) is 47.6 Å². The molecule has 0 aliphatic heterocycles. The molecule has 0 radical (unpaired) electrons. The molecule has 126 valence electrons. The molecule has 0 aliphatic carbocycles. The van der Waals surface area contributed by atoms with E-state index < -0.39 is 10.0 Å². The van der Waals surface area contributed by atoms with Crippen LogP contribution in [-0.4, -0.2) is 36.1 Å². The molecular formula is C16H19N5O2S. The normalized spacial score (nSPS) is 11.8. The quantitative estimate of drug-likeness (QED) is 0.664. The van der Waals surface area contributed by atoms with Gasteiger partial charge in [-0.3, -0.25) is 0 Å². The molecule has 0 atom stereocenters. The first-order chi connectivity index (χ1) is 11.5. The summed E-state index contributed by atoms with van der Waals surface area (Å²) in [5.41, 5.74) is 2.77. The summed E-state index contributed by atoms with van der Waals surface area (Å²) in [7, 11) is -3.50. The van der Waals surface area contributed by atoms with Gasteiger partial charge in [-0.05, 0) is 32.0 Å². The highest BCUT2D eigenvalue weighted by molar-refractivity contribution is 7.89. The average molecular weight is 345 g/mol. The van der Waals surface area contributed by atoms with Crippen molar-refractivity contribution in [3.63, 3.8) is 0 Å². The van der Waals surface area contributed by atoms with Crippen LogP contribution in [0.25, 0.3) is 5.52 Å². The summed E-state index contributed by atoms with van der Waals surface area (Å²) in [5.74, 6) is 0.674. The van der Waals surface area contributed by atoms with Gasteiger partial charge in [0.2, 0.25) is 10.0 Å². The van der Waals surface area contributed by atoms with Gasteiger partial charge in [0.05, 0.1) is 10.6 Å². The van der Waals surface area contributed by atoms with Crippen LogP contribution in [-0.2, 0) is 10.0 Å². The zero-order chi connectivity index (χ0) is 17.2. The van der Waals surface area contributed by atoms with Crippen molar-refractivity contribution in [2.24, 2.45) is 0 Å². The van der Waals surface area contributed by atoms with Gasteiger partial charge in [-0.15, -0.1) is 0 Å². The van der Waals surface area contributed by atoms with Gasteiger partial charge >= 0.3 is 0 Å². The summed E-state index contributed by atoms with van der Waals surface area (Å²) in [6.45, 7) is 4.50. The lowest BCUT2D eigenvalue weighted by molar-refractivity contribution is 0.583. The number of sulfonamides is 1. The maximum atomic E-state index is 12.2. The Kier molecular flexibility index (Phi) is 4.50. The largest absolute Gasteiger partial charge is 0.367 e. The highest BCUT2D eigenvalue weighted by Gasteiger charge is 2.12. The standard InChI is InChI=1S/C16H19N5O2S/c1-12-3-5-14(6-4-12)24(22,23)19-8-7-17-16-15-11-13(2)20-21(15)10-9-18-16/h3-6,9-11,19H,7-8H2,1-2H3,(H,17,18). The molecule has 8 heteroatoms. The fraction of sp³-hybridized carbons (Fsp3) is 0.250. The third kappa shape index (κ3) is 3.55. The summed E-state index contributed by atoms with van der Waals surface area (Å²) < 4.78 is 28.7. The van der Waals surface area contributed by atoms with Crippen LogP contribution >= 0.6 is 0 Å². The summed E-state index contributed by atoms with van der Waals surface area (Å²) in [6, 6.07) is 8.68. The monoisotopic (exact) mass is 345 g/mol. The fourth-order valence-corrected chi connectivity index (χ4v) is 3.38. The molecule has 2 heterocycles. The van der Waals surface area contributed by atoms with Crippen molar-refractivity contribution in [3.8, 4) is 0 Å². The van der Waals surface area contributed by atoms with Crippen molar-refractivity contribution in [2.45, 2.75) is 18.7 Å². The van der Waals surface area contributed by atoms with Crippen LogP contribution in [0.1, 0.15) is 11.3 Å². The number of hydrogen-bond acceptors (Lipinski definition) is 5. The molecule has 2 aromatic heterocycles. The summed E-state index contributed by atoms with van der Waals surface area (Å²) in [5, 5.41) is 7.45. The molecule has 7 nitrogen and oxygen atoms in total. The Labute approximate surface area is 140 Å². The minimum absolute atomic E-state index is 0.256. The van der Waals surface area contributed by atoms with Gasteiger partial charge in [-0.1, -0.05) is 17.7 Å². The molecule has 1 aromatic carbocycles. The third-order valence-corrected chi connectivity index (χ3v) is 5.03. The molecule has 0 amide bonds. The zero-order valence-electron chi connectivity index (χ0n) is 13.5. The third-order valence-electron chi connectivity index (χ3n) is 3.55. The molecule has 3 aromatic rings. The summed E-state index contributed by atoms with van der Waals surface area (Å²) in [4.78, 5) is 4.54. The Morgan fingerprint density at radius 3 is 2.62 bits per heavy atom. The van der Waals surface area contributed by atoms with Crippen LogP contribution in [0.4, 0.5) is 5.82 Å². The zero-order valence-corrected chi connectivity index (χ0v) is 14.3. The van der Waals surface area contributed by atoms with E-state index in [0.717, 1.165) is 16.8 Å². The van der Waals surface area contributed by atoms with E-state index in [4.69, 9.17) is 0 Å². The first-order valence-electron chi connectivity index (χ1n) is 7.57. The lowest BCUT2D eigenvalue weighted by Gasteiger charge is -2.09. The fourth-order valence-electron chi connectivity index (χ4n) is 2.35. The van der Waals surface area contributed by atoms with Gasteiger partial charge in [-0.25, -0.2) is 22.6 Å². The molecule has 0 saturated carbocycles. The first kappa shape index (κ1) is 16.4. The van der Waals surface area contributed by atoms with Crippen molar-refractivity contribution in [1.82, 2.24) is 19.3 Å². The maximum absolute atomic E-state index is 12.2. The van der Waals surface area contributed by atoms with E-state index in [1.165, 1.54) is 0 Å². The van der Waals surface area contributed by atoms with Crippen LogP contribution in [0, 0.1) is 13.8 Å². The Morgan fingerprint density at radius 2 is 1.88 bits per heavy atom. The van der Waals surface area contributed by atoms with E-state index in [-0.39, 0.29) is 11.4 Å². The number of anilines is 1. The van der Waals surface area contributed by atoms with Crippen LogP contribution in [0.5, 0.6) is 0 Å². The highest BCUT2D eigenvalue weighted by Crippen LogP contribution is 2.14. The van der Waals surface area contributed by atoms with E-state index >= 15 is 0 Å². The summed E-state index contributed by atoms with van der Waals surface area (Å²) in [6.07, 6.45) is 3.42. The van der Waals surface area contributed by atoms with Crippen molar-refractivity contribution in [3.05, 3.63) is 54.0 Å². The number of hydrogen-bond donors (Lipinski definition) is 2. The van der Waals surface area contributed by atoms with Crippen LogP contribution in [0.2, 0.25) is 0 Å². The first-order valence-corrected chi connectivity index (χ1v) is 9.05. The SMILES string of the molecule is Cc1ccc(S(=O)(=O)NCCNc2nccn3nc(C)cc23)cc1. The molecule has 0 fully saturated rings. The Hall–Kier alpha value is -2.45. The molecule has 0 saturated heterocycles. The molecule has 3 rings (SSSR count). The number of nitrogens with one attached hydrogen (secondary N) is 2. The van der Waals surface area contributed by atoms with Crippen molar-refractivity contribution in [1.29, 1.82) is 0 Å². The van der Waals surface area contributed by atoms with Crippen LogP contribution in [0.3, 0.4) is 0 Å². The van der Waals surface area contributed by atoms with E-state index in [0.29, 0.717) is 12.4 Å². The lowest BCUT2D eigenvalue weighted by atomic mass is 10.2. The van der Waals surface area contributed by atoms with Gasteiger partial charge in [0, 0.05) is 25.5 Å². The second kappa shape index (κ2) is 6.58. The van der Waals surface area contributed by atoms with Crippen molar-refractivity contribution < 1.29 is 8.42 Å². The van der Waals surface area contributed by atoms with Crippen LogP contribution < -0.4 is 10.0 Å². The van der Waals surface area contributed by atoms with Gasteiger partial charge in [0.1, 0.15) is 5.52 Å². The van der Waals surface area contributed by atoms with Crippen molar-refractivity contribution in [2.75, 3.05) is 18.4 Å². The lowest BCUT2D eigenvalue weighted by Crippen LogP contribution is -2.29. The molecule has 0 spiro atoms. The summed E-state index contributed by atoms with van der Waals surface area (Å²) >= 11 is 0. The number of rotatable bonds is 6. The number of aromatic nitrogens is 3. The number of fused-ring (bicyclic) bond motifs is 1. The Bertz CT molecular complexity index is 948. The molecule has 0 bridgehead atoms. The van der Waals surface area contributed by atoms with Gasteiger partial charge < -0.3 is 5.32 Å². The van der Waals surface area contributed by atoms with E-state index in [1.807, 2.05) is 19.9 Å². The number of aryl methyl sites for hydroxylation is 2. The van der Waals surface area contributed by atoms with E-state index in [2.05, 4.69) is 20.1 Å². The predicted octanol–water partition coefficient (Wildman–Crippen LogP) is 1.74. The van der Waals surface area contributed by atoms with Gasteiger partial charge in [0.15, 0.2) is 5.82 Å². The molecule has 0 unspecified atom stereocenters.